The molecule has 0 aliphatic heterocycles. The molecule has 2 aromatic carbocycles. The van der Waals surface area contributed by atoms with Crippen molar-refractivity contribution in [2.75, 3.05) is 18.2 Å². The maximum absolute atomic E-state index is 13.1. The van der Waals surface area contributed by atoms with Gasteiger partial charge in [-0.05, 0) is 55.2 Å². The van der Waals surface area contributed by atoms with Gasteiger partial charge in [0.2, 0.25) is 0 Å². The second-order valence-electron chi connectivity index (χ2n) is 9.66. The van der Waals surface area contributed by atoms with Crippen LogP contribution in [0.4, 0.5) is 15.9 Å². The Morgan fingerprint density at radius 1 is 1.21 bits per heavy atom. The van der Waals surface area contributed by atoms with Gasteiger partial charge in [-0.1, -0.05) is 24.8 Å². The minimum absolute atomic E-state index is 0.193. The number of nitriles is 1. The number of aromatic amines is 1. The summed E-state index contributed by atoms with van der Waals surface area (Å²) in [4.78, 5) is 32.1. The summed E-state index contributed by atoms with van der Waals surface area (Å²) >= 11 is 0. The van der Waals surface area contributed by atoms with E-state index in [1.165, 1.54) is 13.3 Å². The number of rotatable bonds is 7. The van der Waals surface area contributed by atoms with Gasteiger partial charge in [-0.3, -0.25) is 9.59 Å². The van der Waals surface area contributed by atoms with Gasteiger partial charge in [0.15, 0.2) is 5.83 Å². The highest BCUT2D eigenvalue weighted by atomic mass is 19.1. The molecule has 0 spiro atoms. The van der Waals surface area contributed by atoms with Crippen LogP contribution in [0.25, 0.3) is 33.3 Å². The number of carbonyl (C=O) groups excluding carboxylic acids is 2. The van der Waals surface area contributed by atoms with E-state index in [4.69, 9.17) is 10.5 Å². The van der Waals surface area contributed by atoms with Crippen LogP contribution < -0.4 is 21.1 Å². The van der Waals surface area contributed by atoms with Gasteiger partial charge in [-0.2, -0.15) is 5.26 Å². The number of ether oxygens (including phenoxy) is 1. The van der Waals surface area contributed by atoms with Crippen molar-refractivity contribution in [1.29, 1.82) is 5.26 Å². The zero-order valence-electron chi connectivity index (χ0n) is 21.3. The fourth-order valence-electron chi connectivity index (χ4n) is 4.42. The number of pyridine rings is 1. The van der Waals surface area contributed by atoms with Crippen LogP contribution >= 0.6 is 0 Å². The van der Waals surface area contributed by atoms with Crippen LogP contribution in [0.2, 0.25) is 0 Å². The summed E-state index contributed by atoms with van der Waals surface area (Å²) in [5, 5.41) is 15.7. The van der Waals surface area contributed by atoms with Gasteiger partial charge in [0.05, 0.1) is 34.8 Å². The molecule has 0 bridgehead atoms. The Morgan fingerprint density at radius 2 is 1.90 bits per heavy atom. The summed E-state index contributed by atoms with van der Waals surface area (Å²) in [6, 6.07) is 14.1. The van der Waals surface area contributed by atoms with Crippen LogP contribution in [-0.4, -0.2) is 34.4 Å². The lowest BCUT2D eigenvalue weighted by atomic mass is 9.96. The summed E-state index contributed by atoms with van der Waals surface area (Å²) < 4.78 is 18.7. The van der Waals surface area contributed by atoms with E-state index in [1.807, 2.05) is 6.92 Å². The van der Waals surface area contributed by atoms with Crippen molar-refractivity contribution in [3.8, 4) is 34.2 Å². The summed E-state index contributed by atoms with van der Waals surface area (Å²) in [6.45, 7) is 5.00. The summed E-state index contributed by atoms with van der Waals surface area (Å²) in [5.74, 6) is -1.66. The molecular formula is C29H25FN6O3. The van der Waals surface area contributed by atoms with Gasteiger partial charge in [-0.25, -0.2) is 9.37 Å². The van der Waals surface area contributed by atoms with E-state index in [-0.39, 0.29) is 17.3 Å². The van der Waals surface area contributed by atoms with Gasteiger partial charge in [0, 0.05) is 23.0 Å². The lowest BCUT2D eigenvalue weighted by molar-refractivity contribution is -0.114. The zero-order valence-corrected chi connectivity index (χ0v) is 21.3. The molecule has 0 radical (unpaired) electrons. The van der Waals surface area contributed by atoms with Crippen LogP contribution in [-0.2, 0) is 4.79 Å². The Hall–Kier alpha value is -5.17. The van der Waals surface area contributed by atoms with Gasteiger partial charge in [-0.15, -0.1) is 0 Å². The highest BCUT2D eigenvalue weighted by molar-refractivity contribution is 6.11. The van der Waals surface area contributed by atoms with Crippen LogP contribution in [0.15, 0.2) is 61.1 Å². The van der Waals surface area contributed by atoms with Crippen molar-refractivity contribution in [3.63, 3.8) is 0 Å². The van der Waals surface area contributed by atoms with Gasteiger partial charge >= 0.3 is 0 Å². The number of methoxy groups -OCH3 is 1. The molecule has 0 atom stereocenters. The van der Waals surface area contributed by atoms with Crippen LogP contribution in [0.1, 0.15) is 35.7 Å². The number of hydrogen-bond donors (Lipinski definition) is 4. The fraction of sp³-hybridized carbons (Fsp3) is 0.172. The number of benzene rings is 2. The van der Waals surface area contributed by atoms with Crippen molar-refractivity contribution < 1.29 is 18.7 Å². The molecule has 39 heavy (non-hydrogen) atoms. The smallest absolute Gasteiger partial charge is 0.283 e. The van der Waals surface area contributed by atoms with Crippen molar-refractivity contribution in [2.24, 2.45) is 0 Å². The number of aromatic nitrogens is 2. The molecule has 5 rings (SSSR count). The van der Waals surface area contributed by atoms with E-state index in [2.05, 4.69) is 33.2 Å². The number of hydrogen-bond acceptors (Lipinski definition) is 6. The third kappa shape index (κ3) is 4.78. The van der Waals surface area contributed by atoms with E-state index in [9.17, 15) is 19.2 Å². The Labute approximate surface area is 223 Å². The predicted molar refractivity (Wildman–Crippen MR) is 147 cm³/mol. The fourth-order valence-corrected chi connectivity index (χ4v) is 4.42. The lowest BCUT2D eigenvalue weighted by Gasteiger charge is -2.15. The highest BCUT2D eigenvalue weighted by Crippen LogP contribution is 2.43. The predicted octanol–water partition coefficient (Wildman–Crippen LogP) is 5.06. The quantitative estimate of drug-likeness (QED) is 0.249. The van der Waals surface area contributed by atoms with Gasteiger partial charge in [0.25, 0.3) is 11.8 Å². The van der Waals surface area contributed by atoms with Crippen molar-refractivity contribution in [2.45, 2.75) is 25.3 Å². The van der Waals surface area contributed by atoms with Crippen molar-refractivity contribution in [1.82, 2.24) is 15.3 Å². The molecule has 5 N–H and O–H groups in total. The van der Waals surface area contributed by atoms with E-state index in [1.54, 1.807) is 42.5 Å². The molecule has 9 nitrogen and oxygen atoms in total. The number of H-pyrrole nitrogens is 1. The standard InChI is InChI=1S/C29H25FN6O3/c1-15(30)27(37)34-19-7-4-16(5-8-19)24-22(23-25(35-24)18(13-31)14-33-26(23)32)17-6-9-20(21(12-17)39-3)28(38)36-29(2)10-11-29/h4-9,12,14,35H,1,10-11H2,2-3H3,(H2,32,33)(H,34,37)(H,36,38). The molecule has 196 valence electrons. The summed E-state index contributed by atoms with van der Waals surface area (Å²) in [6.07, 6.45) is 3.25. The molecule has 1 aliphatic carbocycles. The first-order valence-electron chi connectivity index (χ1n) is 12.1. The number of nitrogens with zero attached hydrogens (tertiary/aromatic N) is 2. The SMILES string of the molecule is C=C(F)C(=O)Nc1ccc(-c2[nH]c3c(C#N)cnc(N)c3c2-c2ccc(C(=O)NC3(C)CC3)c(OC)c2)cc1. The van der Waals surface area contributed by atoms with E-state index >= 15 is 0 Å². The maximum atomic E-state index is 13.1. The van der Waals surface area contributed by atoms with Gasteiger partial charge < -0.3 is 26.1 Å². The Balaban J connectivity index is 1.65. The second kappa shape index (κ2) is 9.61. The number of amides is 2. The first-order valence-corrected chi connectivity index (χ1v) is 12.1. The molecule has 10 heteroatoms. The van der Waals surface area contributed by atoms with Crippen LogP contribution in [0.5, 0.6) is 5.75 Å². The lowest BCUT2D eigenvalue weighted by Crippen LogP contribution is -2.34. The number of nitrogens with one attached hydrogen (secondary N) is 3. The van der Waals surface area contributed by atoms with E-state index in [0.717, 1.165) is 12.8 Å². The molecule has 1 aliphatic rings. The molecule has 0 unspecified atom stereocenters. The second-order valence-corrected chi connectivity index (χ2v) is 9.66. The molecule has 2 amide bonds. The minimum atomic E-state index is -1.10. The topological polar surface area (TPSA) is 146 Å². The highest BCUT2D eigenvalue weighted by Gasteiger charge is 2.39. The van der Waals surface area contributed by atoms with Crippen molar-refractivity contribution >= 4 is 34.2 Å². The number of nitrogen functional groups attached to an aromatic ring is 1. The molecule has 2 aromatic heterocycles. The van der Waals surface area contributed by atoms with E-state index < -0.39 is 11.7 Å². The molecule has 4 aromatic rings. The minimum Gasteiger partial charge on any atom is -0.496 e. The number of halogens is 1. The largest absolute Gasteiger partial charge is 0.496 e. The average Bonchev–Trinajstić information content (AvgIpc) is 3.50. The average molecular weight is 525 g/mol. The molecule has 1 fully saturated rings. The zero-order chi connectivity index (χ0) is 27.9. The van der Waals surface area contributed by atoms with E-state index in [0.29, 0.717) is 55.9 Å². The Morgan fingerprint density at radius 3 is 2.51 bits per heavy atom. The van der Waals surface area contributed by atoms with Crippen LogP contribution in [0.3, 0.4) is 0 Å². The van der Waals surface area contributed by atoms with Gasteiger partial charge in [0.1, 0.15) is 17.6 Å². The number of anilines is 2. The number of fused-ring (bicyclic) bond motifs is 1. The first kappa shape index (κ1) is 25.5. The molecule has 0 saturated heterocycles. The molecule has 2 heterocycles. The third-order valence-electron chi connectivity index (χ3n) is 6.81. The monoisotopic (exact) mass is 524 g/mol. The normalized spacial score (nSPS) is 13.4. The Bertz CT molecular complexity index is 1700. The summed E-state index contributed by atoms with van der Waals surface area (Å²) in [7, 11) is 1.49. The van der Waals surface area contributed by atoms with Crippen molar-refractivity contribution in [3.05, 3.63) is 72.2 Å². The number of carbonyl (C=O) groups is 2. The first-order chi connectivity index (χ1) is 18.6. The maximum Gasteiger partial charge on any atom is 0.283 e. The summed E-state index contributed by atoms with van der Waals surface area (Å²) in [5.41, 5.74) is 10.4. The molecular weight excluding hydrogens is 499 g/mol. The number of nitrogens with two attached hydrogens (primary N) is 1. The molecule has 1 saturated carbocycles. The van der Waals surface area contributed by atoms with Crippen LogP contribution in [0, 0.1) is 11.3 Å². The Kier molecular flexibility index (Phi) is 6.28. The third-order valence-corrected chi connectivity index (χ3v) is 6.81.